The third-order valence-electron chi connectivity index (χ3n) is 4.16. The van der Waals surface area contributed by atoms with Gasteiger partial charge in [-0.05, 0) is 29.2 Å². The van der Waals surface area contributed by atoms with E-state index in [9.17, 15) is 19.8 Å². The lowest BCUT2D eigenvalue weighted by molar-refractivity contribution is -0.120. The van der Waals surface area contributed by atoms with Crippen molar-refractivity contribution in [2.45, 2.75) is 26.2 Å². The molecule has 0 amide bonds. The van der Waals surface area contributed by atoms with E-state index >= 15 is 0 Å². The lowest BCUT2D eigenvalue weighted by Gasteiger charge is -2.28. The first-order chi connectivity index (χ1) is 10.9. The number of ketones is 2. The minimum Gasteiger partial charge on any atom is -0.507 e. The van der Waals surface area contributed by atoms with E-state index in [1.807, 2.05) is 13.8 Å². The third kappa shape index (κ3) is 2.40. The van der Waals surface area contributed by atoms with Gasteiger partial charge < -0.3 is 10.2 Å². The molecule has 0 aliphatic heterocycles. The molecule has 118 valence electrons. The van der Waals surface area contributed by atoms with Gasteiger partial charge in [0.05, 0.1) is 17.0 Å². The molecule has 0 unspecified atom stereocenters. The van der Waals surface area contributed by atoms with Gasteiger partial charge in [-0.1, -0.05) is 38.1 Å². The van der Waals surface area contributed by atoms with Crippen molar-refractivity contribution in [2.75, 3.05) is 0 Å². The largest absolute Gasteiger partial charge is 0.507 e. The van der Waals surface area contributed by atoms with Gasteiger partial charge >= 0.3 is 0 Å². The summed E-state index contributed by atoms with van der Waals surface area (Å²) in [5.74, 6) is -1.25. The molecule has 0 saturated heterocycles. The average Bonchev–Trinajstić information content (AvgIpc) is 2.46. The van der Waals surface area contributed by atoms with E-state index in [2.05, 4.69) is 0 Å². The zero-order chi connectivity index (χ0) is 16.7. The van der Waals surface area contributed by atoms with Gasteiger partial charge in [0.1, 0.15) is 17.3 Å². The Morgan fingerprint density at radius 2 is 1.48 bits per heavy atom. The van der Waals surface area contributed by atoms with E-state index < -0.39 is 11.7 Å². The zero-order valence-corrected chi connectivity index (χ0v) is 13.0. The molecule has 23 heavy (non-hydrogen) atoms. The number of hydrogen-bond acceptors (Lipinski definition) is 4. The number of rotatable bonds is 3. The maximum absolute atomic E-state index is 12.8. The second-order valence-electron chi connectivity index (χ2n) is 6.31. The summed E-state index contributed by atoms with van der Waals surface area (Å²) in [4.78, 5) is 25.5. The summed E-state index contributed by atoms with van der Waals surface area (Å²) in [6, 6.07) is 9.50. The monoisotopic (exact) mass is 310 g/mol. The maximum Gasteiger partial charge on any atom is 0.201 e. The number of phenolic OH excluding ortho intramolecular Hbond substituents is 2. The molecule has 0 heterocycles. The molecule has 0 aromatic heterocycles. The quantitative estimate of drug-likeness (QED) is 0.911. The zero-order valence-electron chi connectivity index (χ0n) is 13.0. The second-order valence-corrected chi connectivity index (χ2v) is 6.31. The molecule has 1 aliphatic carbocycles. The first-order valence-electron chi connectivity index (χ1n) is 7.63. The first-order valence-corrected chi connectivity index (χ1v) is 7.63. The fourth-order valence-corrected chi connectivity index (χ4v) is 3.25. The Morgan fingerprint density at radius 3 is 1.91 bits per heavy atom. The van der Waals surface area contributed by atoms with Crippen LogP contribution >= 0.6 is 0 Å². The average molecular weight is 310 g/mol. The molecule has 4 heteroatoms. The van der Waals surface area contributed by atoms with E-state index in [1.54, 1.807) is 24.3 Å². The van der Waals surface area contributed by atoms with Crippen LogP contribution in [0.15, 0.2) is 36.4 Å². The van der Waals surface area contributed by atoms with Gasteiger partial charge in [-0.2, -0.15) is 0 Å². The molecule has 1 aliphatic rings. The van der Waals surface area contributed by atoms with Crippen molar-refractivity contribution in [2.24, 2.45) is 5.92 Å². The highest BCUT2D eigenvalue weighted by molar-refractivity contribution is 6.18. The van der Waals surface area contributed by atoms with Crippen molar-refractivity contribution >= 4 is 11.6 Å². The number of fused-ring (bicyclic) bond motifs is 2. The lowest BCUT2D eigenvalue weighted by atomic mass is 9.73. The van der Waals surface area contributed by atoms with Gasteiger partial charge in [-0.3, -0.25) is 9.59 Å². The highest BCUT2D eigenvalue weighted by atomic mass is 16.3. The van der Waals surface area contributed by atoms with Crippen LogP contribution in [0.4, 0.5) is 0 Å². The normalized spacial score (nSPS) is 13.8. The number of aromatic hydroxyl groups is 2. The number of Topliss-reactive ketones (excluding diaryl/α,β-unsaturated/α-hetero) is 1. The van der Waals surface area contributed by atoms with Crippen molar-refractivity contribution < 1.29 is 19.8 Å². The Bertz CT molecular complexity index is 750. The van der Waals surface area contributed by atoms with E-state index in [-0.39, 0.29) is 34.3 Å². The summed E-state index contributed by atoms with van der Waals surface area (Å²) in [5, 5.41) is 20.2. The molecule has 0 spiro atoms. The van der Waals surface area contributed by atoms with E-state index in [0.29, 0.717) is 17.5 Å². The van der Waals surface area contributed by atoms with Crippen LogP contribution < -0.4 is 0 Å². The molecule has 0 fully saturated rings. The molecule has 2 aromatic rings. The van der Waals surface area contributed by atoms with Crippen LogP contribution in [0.25, 0.3) is 0 Å². The predicted molar refractivity (Wildman–Crippen MR) is 86.0 cm³/mol. The highest BCUT2D eigenvalue weighted by Crippen LogP contribution is 2.43. The summed E-state index contributed by atoms with van der Waals surface area (Å²) in [5.41, 5.74) is 1.25. The predicted octanol–water partition coefficient (Wildman–Crippen LogP) is 3.39. The van der Waals surface area contributed by atoms with Gasteiger partial charge in [0.25, 0.3) is 0 Å². The Hall–Kier alpha value is -2.62. The minimum atomic E-state index is -0.640. The Balaban J connectivity index is 2.27. The molecule has 2 N–H and O–H groups in total. The van der Waals surface area contributed by atoms with E-state index in [4.69, 9.17) is 0 Å². The number of benzene rings is 2. The van der Waals surface area contributed by atoms with Crippen LogP contribution in [0, 0.1) is 5.92 Å². The molecule has 0 atom stereocenters. The topological polar surface area (TPSA) is 74.6 Å². The van der Waals surface area contributed by atoms with Crippen molar-refractivity contribution in [1.29, 1.82) is 0 Å². The fraction of sp³-hybridized carbons (Fsp3) is 0.263. The van der Waals surface area contributed by atoms with Crippen LogP contribution in [0.5, 0.6) is 11.5 Å². The molecule has 0 bridgehead atoms. The van der Waals surface area contributed by atoms with Gasteiger partial charge in [-0.25, -0.2) is 0 Å². The van der Waals surface area contributed by atoms with Crippen molar-refractivity contribution in [3.63, 3.8) is 0 Å². The highest BCUT2D eigenvalue weighted by Gasteiger charge is 2.38. The number of carbonyl (C=O) groups is 2. The standard InChI is InChI=1S/C19H18O4/c1-10(2)9-15(22)16-11-5-3-7-13(20)17(11)19(23)18-12(16)6-4-8-14(18)21/h3-8,10,16,20-21H,9H2,1-2H3. The molecule has 0 saturated carbocycles. The van der Waals surface area contributed by atoms with Gasteiger partial charge in [0.2, 0.25) is 5.78 Å². The Morgan fingerprint density at radius 1 is 1.00 bits per heavy atom. The Kier molecular flexibility index (Phi) is 3.68. The van der Waals surface area contributed by atoms with Crippen molar-refractivity contribution in [3.05, 3.63) is 58.7 Å². The van der Waals surface area contributed by atoms with Gasteiger partial charge in [0, 0.05) is 6.42 Å². The SMILES string of the molecule is CC(C)CC(=O)C1c2cccc(O)c2C(=O)c2c(O)cccc21. The van der Waals surface area contributed by atoms with E-state index in [0.717, 1.165) is 0 Å². The van der Waals surface area contributed by atoms with Gasteiger partial charge in [-0.15, -0.1) is 0 Å². The number of hydrogen-bond donors (Lipinski definition) is 2. The summed E-state index contributed by atoms with van der Waals surface area (Å²) >= 11 is 0. The van der Waals surface area contributed by atoms with Crippen LogP contribution in [0.1, 0.15) is 53.2 Å². The fourth-order valence-electron chi connectivity index (χ4n) is 3.25. The van der Waals surface area contributed by atoms with Crippen LogP contribution in [0.3, 0.4) is 0 Å². The molecular weight excluding hydrogens is 292 g/mol. The maximum atomic E-state index is 12.8. The molecule has 2 aromatic carbocycles. The van der Waals surface area contributed by atoms with E-state index in [1.165, 1.54) is 12.1 Å². The first kappa shape index (κ1) is 15.3. The summed E-state index contributed by atoms with van der Waals surface area (Å²) in [6.45, 7) is 3.91. The number of phenols is 2. The minimum absolute atomic E-state index is 0.0220. The van der Waals surface area contributed by atoms with Crippen LogP contribution in [-0.2, 0) is 4.79 Å². The van der Waals surface area contributed by atoms with Crippen molar-refractivity contribution in [3.8, 4) is 11.5 Å². The van der Waals surface area contributed by atoms with Crippen molar-refractivity contribution in [1.82, 2.24) is 0 Å². The van der Waals surface area contributed by atoms with Crippen LogP contribution in [0.2, 0.25) is 0 Å². The summed E-state index contributed by atoms with van der Waals surface area (Å²) in [7, 11) is 0. The Labute approximate surface area is 134 Å². The molecule has 3 rings (SSSR count). The lowest BCUT2D eigenvalue weighted by Crippen LogP contribution is -2.26. The smallest absolute Gasteiger partial charge is 0.201 e. The van der Waals surface area contributed by atoms with Crippen LogP contribution in [-0.4, -0.2) is 21.8 Å². The number of carbonyl (C=O) groups excluding carboxylic acids is 2. The molecule has 4 nitrogen and oxygen atoms in total. The van der Waals surface area contributed by atoms with Gasteiger partial charge in [0.15, 0.2) is 0 Å². The molecule has 0 radical (unpaired) electrons. The summed E-state index contributed by atoms with van der Waals surface area (Å²) < 4.78 is 0. The third-order valence-corrected chi connectivity index (χ3v) is 4.16. The second kappa shape index (κ2) is 5.54. The summed E-state index contributed by atoms with van der Waals surface area (Å²) in [6.07, 6.45) is 0.364. The molecular formula is C19H18O4.